The summed E-state index contributed by atoms with van der Waals surface area (Å²) in [5, 5.41) is 3.08. The van der Waals surface area contributed by atoms with Gasteiger partial charge in [-0.2, -0.15) is 0 Å². The third-order valence-corrected chi connectivity index (χ3v) is 5.51. The number of rotatable bonds is 4. The highest BCUT2D eigenvalue weighted by molar-refractivity contribution is 9.10. The van der Waals surface area contributed by atoms with E-state index in [9.17, 15) is 4.79 Å². The quantitative estimate of drug-likeness (QED) is 0.799. The van der Waals surface area contributed by atoms with E-state index >= 15 is 0 Å². The summed E-state index contributed by atoms with van der Waals surface area (Å²) in [5.41, 5.74) is 1.84. The van der Waals surface area contributed by atoms with Gasteiger partial charge in [0, 0.05) is 41.8 Å². The second-order valence-electron chi connectivity index (χ2n) is 7.00. The number of benzene rings is 2. The molecule has 142 valence electrons. The largest absolute Gasteiger partial charge is 0.490 e. The fourth-order valence-corrected chi connectivity index (χ4v) is 3.94. The van der Waals surface area contributed by atoms with Gasteiger partial charge in [-0.05, 0) is 48.7 Å². The van der Waals surface area contributed by atoms with Gasteiger partial charge in [0.1, 0.15) is 0 Å². The lowest BCUT2D eigenvalue weighted by molar-refractivity contribution is 0.0948. The van der Waals surface area contributed by atoms with E-state index < -0.39 is 0 Å². The maximum Gasteiger partial charge on any atom is 0.251 e. The van der Waals surface area contributed by atoms with Crippen LogP contribution < -0.4 is 19.7 Å². The molecular formula is C21H23BrN2O3. The zero-order valence-corrected chi connectivity index (χ0v) is 16.7. The number of fused-ring (bicyclic) bond motifs is 1. The average Bonchev–Trinajstić information content (AvgIpc) is 3.03. The van der Waals surface area contributed by atoms with Crippen LogP contribution in [0.15, 0.2) is 46.9 Å². The molecule has 0 bridgehead atoms. The van der Waals surface area contributed by atoms with Gasteiger partial charge in [0.25, 0.3) is 5.91 Å². The predicted molar refractivity (Wildman–Crippen MR) is 109 cm³/mol. The molecule has 2 aromatic rings. The van der Waals surface area contributed by atoms with Crippen molar-refractivity contribution in [2.45, 2.75) is 12.8 Å². The summed E-state index contributed by atoms with van der Waals surface area (Å²) in [7, 11) is 0. The molecular weight excluding hydrogens is 408 g/mol. The minimum atomic E-state index is -0.0634. The van der Waals surface area contributed by atoms with Gasteiger partial charge in [0.05, 0.1) is 13.2 Å². The molecule has 0 radical (unpaired) electrons. The molecule has 2 aliphatic heterocycles. The number of ether oxygens (including phenoxy) is 2. The van der Waals surface area contributed by atoms with Crippen LogP contribution in [0.5, 0.6) is 11.5 Å². The lowest BCUT2D eigenvalue weighted by Crippen LogP contribution is -2.31. The van der Waals surface area contributed by atoms with Crippen LogP contribution in [0.3, 0.4) is 0 Å². The van der Waals surface area contributed by atoms with E-state index in [0.717, 1.165) is 30.4 Å². The highest BCUT2D eigenvalue weighted by atomic mass is 79.9. The van der Waals surface area contributed by atoms with Crippen molar-refractivity contribution in [2.24, 2.45) is 5.92 Å². The van der Waals surface area contributed by atoms with E-state index in [-0.39, 0.29) is 5.91 Å². The Morgan fingerprint density at radius 2 is 2.00 bits per heavy atom. The Kier molecular flexibility index (Phi) is 5.53. The van der Waals surface area contributed by atoms with Crippen molar-refractivity contribution < 1.29 is 14.3 Å². The van der Waals surface area contributed by atoms with Gasteiger partial charge >= 0.3 is 0 Å². The number of amides is 1. The SMILES string of the molecule is O=C(NCC1CCN(c2cccc(Br)c2)C1)c1ccc2c(c1)OCCCO2. The fourth-order valence-electron chi connectivity index (χ4n) is 3.55. The lowest BCUT2D eigenvalue weighted by atomic mass is 10.1. The maximum atomic E-state index is 12.5. The molecule has 0 saturated carbocycles. The van der Waals surface area contributed by atoms with E-state index in [1.54, 1.807) is 12.1 Å². The molecule has 0 aromatic heterocycles. The number of nitrogens with one attached hydrogen (secondary N) is 1. The summed E-state index contributed by atoms with van der Waals surface area (Å²) in [6.07, 6.45) is 1.93. The van der Waals surface area contributed by atoms with Crippen LogP contribution in [0.25, 0.3) is 0 Å². The van der Waals surface area contributed by atoms with Crippen LogP contribution in [0, 0.1) is 5.92 Å². The van der Waals surface area contributed by atoms with Gasteiger partial charge in [-0.1, -0.05) is 22.0 Å². The molecule has 1 fully saturated rings. The number of nitrogens with zero attached hydrogens (tertiary/aromatic N) is 1. The fraction of sp³-hybridized carbons (Fsp3) is 0.381. The van der Waals surface area contributed by atoms with Crippen LogP contribution >= 0.6 is 15.9 Å². The average molecular weight is 431 g/mol. The smallest absolute Gasteiger partial charge is 0.251 e. The molecule has 0 spiro atoms. The topological polar surface area (TPSA) is 50.8 Å². The molecule has 5 nitrogen and oxygen atoms in total. The first-order chi connectivity index (χ1) is 13.2. The summed E-state index contributed by atoms with van der Waals surface area (Å²) < 4.78 is 12.4. The van der Waals surface area contributed by atoms with Crippen molar-refractivity contribution in [1.82, 2.24) is 5.32 Å². The van der Waals surface area contributed by atoms with Crippen LogP contribution in [-0.2, 0) is 0 Å². The van der Waals surface area contributed by atoms with Crippen molar-refractivity contribution in [2.75, 3.05) is 37.7 Å². The highest BCUT2D eigenvalue weighted by Crippen LogP contribution is 2.30. The lowest BCUT2D eigenvalue weighted by Gasteiger charge is -2.19. The second-order valence-corrected chi connectivity index (χ2v) is 7.92. The molecule has 0 aliphatic carbocycles. The third-order valence-electron chi connectivity index (χ3n) is 5.02. The highest BCUT2D eigenvalue weighted by Gasteiger charge is 2.23. The van der Waals surface area contributed by atoms with Crippen molar-refractivity contribution in [3.63, 3.8) is 0 Å². The molecule has 2 aromatic carbocycles. The van der Waals surface area contributed by atoms with E-state index in [0.29, 0.717) is 42.7 Å². The zero-order valence-electron chi connectivity index (χ0n) is 15.1. The molecule has 1 N–H and O–H groups in total. The van der Waals surface area contributed by atoms with Crippen LogP contribution in [0.4, 0.5) is 5.69 Å². The Morgan fingerprint density at radius 3 is 2.85 bits per heavy atom. The first-order valence-electron chi connectivity index (χ1n) is 9.37. The van der Waals surface area contributed by atoms with E-state index in [2.05, 4.69) is 44.3 Å². The van der Waals surface area contributed by atoms with Crippen LogP contribution in [0.2, 0.25) is 0 Å². The molecule has 1 amide bonds. The molecule has 1 saturated heterocycles. The molecule has 1 unspecified atom stereocenters. The number of carbonyl (C=O) groups is 1. The van der Waals surface area contributed by atoms with E-state index in [1.807, 2.05) is 12.1 Å². The molecule has 2 heterocycles. The third kappa shape index (κ3) is 4.38. The molecule has 2 aliphatic rings. The molecule has 4 rings (SSSR count). The van der Waals surface area contributed by atoms with Crippen molar-refractivity contribution in [3.05, 3.63) is 52.5 Å². The zero-order chi connectivity index (χ0) is 18.6. The Morgan fingerprint density at radius 1 is 1.15 bits per heavy atom. The van der Waals surface area contributed by atoms with Crippen molar-refractivity contribution in [3.8, 4) is 11.5 Å². The van der Waals surface area contributed by atoms with Gasteiger partial charge in [-0.25, -0.2) is 0 Å². The molecule has 6 heteroatoms. The van der Waals surface area contributed by atoms with Gasteiger partial charge in [-0.15, -0.1) is 0 Å². The maximum absolute atomic E-state index is 12.5. The normalized spacial score (nSPS) is 18.9. The second kappa shape index (κ2) is 8.21. The summed E-state index contributed by atoms with van der Waals surface area (Å²) in [4.78, 5) is 14.9. The number of halogens is 1. The van der Waals surface area contributed by atoms with Gasteiger partial charge < -0.3 is 19.7 Å². The minimum absolute atomic E-state index is 0.0634. The molecule has 27 heavy (non-hydrogen) atoms. The summed E-state index contributed by atoms with van der Waals surface area (Å²) in [6, 6.07) is 13.7. The Balaban J connectivity index is 1.33. The van der Waals surface area contributed by atoms with Crippen LogP contribution in [0.1, 0.15) is 23.2 Å². The van der Waals surface area contributed by atoms with Crippen LogP contribution in [-0.4, -0.2) is 38.8 Å². The van der Waals surface area contributed by atoms with Crippen molar-refractivity contribution >= 4 is 27.5 Å². The number of anilines is 1. The standard InChI is InChI=1S/C21H23BrN2O3/c22-17-3-1-4-18(12-17)24-8-7-15(14-24)13-23-21(25)16-5-6-19-20(11-16)27-10-2-9-26-19/h1,3-6,11-12,15H,2,7-10,13-14H2,(H,23,25). The first-order valence-corrected chi connectivity index (χ1v) is 10.2. The predicted octanol–water partition coefficient (Wildman–Crippen LogP) is 3.87. The van der Waals surface area contributed by atoms with Gasteiger partial charge in [0.15, 0.2) is 11.5 Å². The Hall–Kier alpha value is -2.21. The Bertz CT molecular complexity index is 827. The summed E-state index contributed by atoms with van der Waals surface area (Å²) >= 11 is 3.53. The monoisotopic (exact) mass is 430 g/mol. The summed E-state index contributed by atoms with van der Waals surface area (Å²) in [6.45, 7) is 3.91. The minimum Gasteiger partial charge on any atom is -0.490 e. The van der Waals surface area contributed by atoms with Gasteiger partial charge in [-0.3, -0.25) is 4.79 Å². The van der Waals surface area contributed by atoms with E-state index in [4.69, 9.17) is 9.47 Å². The summed E-state index contributed by atoms with van der Waals surface area (Å²) in [5.74, 6) is 1.76. The Labute approximate surface area is 167 Å². The number of carbonyl (C=O) groups excluding carboxylic acids is 1. The van der Waals surface area contributed by atoms with E-state index in [1.165, 1.54) is 5.69 Å². The molecule has 1 atom stereocenters. The number of hydrogen-bond acceptors (Lipinski definition) is 4. The van der Waals surface area contributed by atoms with Crippen molar-refractivity contribution in [1.29, 1.82) is 0 Å². The number of hydrogen-bond donors (Lipinski definition) is 1. The first kappa shape index (κ1) is 18.2. The van der Waals surface area contributed by atoms with Gasteiger partial charge in [0.2, 0.25) is 0 Å².